The first-order valence-electron chi connectivity index (χ1n) is 9.90. The third-order valence-corrected chi connectivity index (χ3v) is 6.76. The number of nitrogens with zero attached hydrogens (tertiary/aromatic N) is 1. The average Bonchev–Trinajstić information content (AvgIpc) is 2.94. The van der Waals surface area contributed by atoms with Crippen LogP contribution in [-0.4, -0.2) is 31.4 Å². The Kier molecular flexibility index (Phi) is 6.77. The minimum atomic E-state index is -3.86. The molecular formula is C22H25N3O5S2. The Morgan fingerprint density at radius 2 is 1.69 bits per heavy atom. The topological polar surface area (TPSA) is 127 Å². The standard InChI is InChI=1S/C22H25N3O5S2/c1-22(2,3)13-19(26)24-14-4-8-16(9-5-14)31-18-12-20(27)25(21(18)28)15-6-10-17(11-7-15)32(23,29)30/h4-11,18H,12-13H2,1-3H3,(H,24,26)(H2,23,29,30). The molecule has 1 unspecified atom stereocenters. The maximum atomic E-state index is 12.8. The number of carbonyl (C=O) groups is 3. The molecule has 3 amide bonds. The van der Waals surface area contributed by atoms with Gasteiger partial charge >= 0.3 is 0 Å². The van der Waals surface area contributed by atoms with E-state index < -0.39 is 15.3 Å². The number of hydrogen-bond donors (Lipinski definition) is 2. The summed E-state index contributed by atoms with van der Waals surface area (Å²) in [6.45, 7) is 5.97. The summed E-state index contributed by atoms with van der Waals surface area (Å²) < 4.78 is 22.8. The van der Waals surface area contributed by atoms with Gasteiger partial charge in [0, 0.05) is 23.4 Å². The zero-order valence-corrected chi connectivity index (χ0v) is 19.6. The molecule has 0 bridgehead atoms. The maximum Gasteiger partial charge on any atom is 0.247 e. The molecule has 1 heterocycles. The van der Waals surface area contributed by atoms with E-state index in [1.807, 2.05) is 20.8 Å². The molecule has 1 fully saturated rings. The Morgan fingerprint density at radius 3 is 2.22 bits per heavy atom. The van der Waals surface area contributed by atoms with Crippen LogP contribution in [0.25, 0.3) is 0 Å². The molecule has 170 valence electrons. The lowest BCUT2D eigenvalue weighted by molar-refractivity contribution is -0.121. The second-order valence-corrected chi connectivity index (χ2v) is 11.6. The van der Waals surface area contributed by atoms with E-state index in [2.05, 4.69) is 5.32 Å². The van der Waals surface area contributed by atoms with Gasteiger partial charge in [0.15, 0.2) is 0 Å². The van der Waals surface area contributed by atoms with E-state index in [0.29, 0.717) is 17.8 Å². The zero-order chi connectivity index (χ0) is 23.7. The van der Waals surface area contributed by atoms with Gasteiger partial charge in [0.05, 0.1) is 15.8 Å². The summed E-state index contributed by atoms with van der Waals surface area (Å²) in [6.07, 6.45) is 0.431. The van der Waals surface area contributed by atoms with E-state index in [1.165, 1.54) is 36.0 Å². The van der Waals surface area contributed by atoms with Crippen LogP contribution in [-0.2, 0) is 24.4 Å². The number of nitrogens with two attached hydrogens (primary N) is 1. The van der Waals surface area contributed by atoms with Gasteiger partial charge in [0.25, 0.3) is 0 Å². The first-order chi connectivity index (χ1) is 14.8. The lowest BCUT2D eigenvalue weighted by Crippen LogP contribution is -2.31. The smallest absolute Gasteiger partial charge is 0.247 e. The van der Waals surface area contributed by atoms with Gasteiger partial charge in [-0.25, -0.2) is 18.5 Å². The summed E-state index contributed by atoms with van der Waals surface area (Å²) in [5.41, 5.74) is 0.849. The van der Waals surface area contributed by atoms with Crippen LogP contribution in [0.3, 0.4) is 0 Å². The van der Waals surface area contributed by atoms with Crippen molar-refractivity contribution in [3.05, 3.63) is 48.5 Å². The van der Waals surface area contributed by atoms with E-state index in [-0.39, 0.29) is 34.5 Å². The van der Waals surface area contributed by atoms with E-state index in [9.17, 15) is 22.8 Å². The molecule has 2 aromatic carbocycles. The molecule has 8 nitrogen and oxygen atoms in total. The Bertz CT molecular complexity index is 1140. The fourth-order valence-corrected chi connectivity index (χ4v) is 4.79. The van der Waals surface area contributed by atoms with Gasteiger partial charge in [0.2, 0.25) is 27.7 Å². The number of hydrogen-bond acceptors (Lipinski definition) is 6. The number of thioether (sulfide) groups is 1. The summed E-state index contributed by atoms with van der Waals surface area (Å²) in [5, 5.41) is 7.34. The van der Waals surface area contributed by atoms with Gasteiger partial charge in [0.1, 0.15) is 0 Å². The molecule has 0 aromatic heterocycles. The van der Waals surface area contributed by atoms with Crippen LogP contribution in [0.1, 0.15) is 33.6 Å². The van der Waals surface area contributed by atoms with Gasteiger partial charge < -0.3 is 5.32 Å². The van der Waals surface area contributed by atoms with Crippen molar-refractivity contribution in [1.82, 2.24) is 0 Å². The summed E-state index contributed by atoms with van der Waals surface area (Å²) in [5.74, 6) is -0.800. The van der Waals surface area contributed by atoms with Crippen LogP contribution < -0.4 is 15.4 Å². The Morgan fingerprint density at radius 1 is 1.09 bits per heavy atom. The Balaban J connectivity index is 1.65. The van der Waals surface area contributed by atoms with Gasteiger partial charge in [-0.15, -0.1) is 11.8 Å². The fourth-order valence-electron chi connectivity index (χ4n) is 3.22. The van der Waals surface area contributed by atoms with Gasteiger partial charge in [-0.05, 0) is 53.9 Å². The maximum absolute atomic E-state index is 12.8. The molecule has 32 heavy (non-hydrogen) atoms. The first-order valence-corrected chi connectivity index (χ1v) is 12.3. The minimum absolute atomic E-state index is 0.0323. The molecule has 0 aliphatic carbocycles. The van der Waals surface area contributed by atoms with Crippen molar-refractivity contribution >= 4 is 50.9 Å². The number of amides is 3. The molecule has 3 N–H and O–H groups in total. The van der Waals surface area contributed by atoms with Crippen molar-refractivity contribution < 1.29 is 22.8 Å². The van der Waals surface area contributed by atoms with Crippen molar-refractivity contribution in [3.63, 3.8) is 0 Å². The fraction of sp³-hybridized carbons (Fsp3) is 0.318. The van der Waals surface area contributed by atoms with Crippen LogP contribution in [0.2, 0.25) is 0 Å². The highest BCUT2D eigenvalue weighted by Crippen LogP contribution is 2.34. The number of sulfonamides is 1. The van der Waals surface area contributed by atoms with Crippen LogP contribution >= 0.6 is 11.8 Å². The van der Waals surface area contributed by atoms with Crippen LogP contribution in [0.15, 0.2) is 58.3 Å². The van der Waals surface area contributed by atoms with Crippen molar-refractivity contribution in [2.24, 2.45) is 10.6 Å². The van der Waals surface area contributed by atoms with Crippen LogP contribution in [0.4, 0.5) is 11.4 Å². The number of nitrogens with one attached hydrogen (secondary N) is 1. The molecule has 1 saturated heterocycles. The monoisotopic (exact) mass is 475 g/mol. The third kappa shape index (κ3) is 5.96. The highest BCUT2D eigenvalue weighted by Gasteiger charge is 2.40. The molecule has 0 radical (unpaired) electrons. The molecule has 1 aliphatic heterocycles. The molecule has 10 heteroatoms. The van der Waals surface area contributed by atoms with Crippen LogP contribution in [0, 0.1) is 5.41 Å². The number of primary sulfonamides is 1. The predicted molar refractivity (Wildman–Crippen MR) is 124 cm³/mol. The largest absolute Gasteiger partial charge is 0.326 e. The summed E-state index contributed by atoms with van der Waals surface area (Å²) in [4.78, 5) is 39.1. The third-order valence-electron chi connectivity index (χ3n) is 4.64. The molecule has 1 aliphatic rings. The van der Waals surface area contributed by atoms with Crippen molar-refractivity contribution in [2.75, 3.05) is 10.2 Å². The number of carbonyl (C=O) groups excluding carboxylic acids is 3. The second kappa shape index (κ2) is 9.05. The van der Waals surface area contributed by atoms with Gasteiger partial charge in [-0.1, -0.05) is 20.8 Å². The summed E-state index contributed by atoms with van der Waals surface area (Å²) in [7, 11) is -3.86. The van der Waals surface area contributed by atoms with Crippen molar-refractivity contribution in [2.45, 2.75) is 48.7 Å². The van der Waals surface area contributed by atoms with Crippen molar-refractivity contribution in [3.8, 4) is 0 Å². The molecule has 2 aromatic rings. The van der Waals surface area contributed by atoms with E-state index in [1.54, 1.807) is 24.3 Å². The number of rotatable bonds is 6. The average molecular weight is 476 g/mol. The molecule has 0 saturated carbocycles. The summed E-state index contributed by atoms with van der Waals surface area (Å²) in [6, 6.07) is 12.4. The Hall–Kier alpha value is -2.69. The molecule has 1 atom stereocenters. The number of benzene rings is 2. The van der Waals surface area contributed by atoms with Crippen molar-refractivity contribution in [1.29, 1.82) is 0 Å². The summed E-state index contributed by atoms with van der Waals surface area (Å²) >= 11 is 1.27. The Labute approximate surface area is 191 Å². The normalized spacial score (nSPS) is 17.0. The second-order valence-electron chi connectivity index (χ2n) is 8.73. The SMILES string of the molecule is CC(C)(C)CC(=O)Nc1ccc(SC2CC(=O)N(c3ccc(S(N)(=O)=O)cc3)C2=O)cc1. The predicted octanol–water partition coefficient (Wildman–Crippen LogP) is 3.13. The van der Waals surface area contributed by atoms with Crippen LogP contribution in [0.5, 0.6) is 0 Å². The lowest BCUT2D eigenvalue weighted by Gasteiger charge is -2.17. The minimum Gasteiger partial charge on any atom is -0.326 e. The molecule has 0 spiro atoms. The van der Waals surface area contributed by atoms with Gasteiger partial charge in [-0.3, -0.25) is 14.4 Å². The van der Waals surface area contributed by atoms with Gasteiger partial charge in [-0.2, -0.15) is 0 Å². The van der Waals surface area contributed by atoms with E-state index >= 15 is 0 Å². The lowest BCUT2D eigenvalue weighted by atomic mass is 9.92. The highest BCUT2D eigenvalue weighted by atomic mass is 32.2. The number of anilines is 2. The van der Waals surface area contributed by atoms with E-state index in [4.69, 9.17) is 5.14 Å². The number of imide groups is 1. The first kappa shape index (κ1) is 24.0. The quantitative estimate of drug-likeness (QED) is 0.618. The molecular weight excluding hydrogens is 450 g/mol. The zero-order valence-electron chi connectivity index (χ0n) is 18.0. The molecule has 3 rings (SSSR count). The van der Waals surface area contributed by atoms with E-state index in [0.717, 1.165) is 9.80 Å². The highest BCUT2D eigenvalue weighted by molar-refractivity contribution is 8.00.